The minimum absolute atomic E-state index is 0.0323. The maximum Gasteiger partial charge on any atom is 0.278 e. The SMILES string of the molecule is CCn1c(N2CCCNCC2)c(C(=O)N2CCC(F)(F)CC2)c2ncn(Cc3nccc4ccccc34)c(=O)c21. The zero-order valence-corrected chi connectivity index (χ0v) is 22.6. The minimum Gasteiger partial charge on any atom is -0.356 e. The molecule has 9 nitrogen and oxygen atoms in total. The summed E-state index contributed by atoms with van der Waals surface area (Å²) in [6, 6.07) is 9.82. The molecule has 6 rings (SSSR count). The second-order valence-corrected chi connectivity index (χ2v) is 10.5. The Labute approximate surface area is 230 Å². The molecule has 2 saturated heterocycles. The Morgan fingerprint density at radius 1 is 1.05 bits per heavy atom. The standard InChI is InChI=1S/C29H33F2N7O2/c1-2-38-25-24(34-19-37(28(25)40)18-22-21-7-4-3-6-20(21)8-12-33-22)23(26(38)35-14-5-11-32-13-17-35)27(39)36-15-9-29(30,31)10-16-36/h3-4,6-8,12,19,32H,2,5,9-11,13-18H2,1H3. The Bertz CT molecular complexity index is 1610. The molecule has 11 heteroatoms. The number of hydrogen-bond acceptors (Lipinski definition) is 6. The van der Waals surface area contributed by atoms with Crippen LogP contribution < -0.4 is 15.8 Å². The van der Waals surface area contributed by atoms with E-state index in [0.29, 0.717) is 42.0 Å². The van der Waals surface area contributed by atoms with Gasteiger partial charge in [0, 0.05) is 63.7 Å². The minimum atomic E-state index is -2.77. The second-order valence-electron chi connectivity index (χ2n) is 10.5. The molecular weight excluding hydrogens is 516 g/mol. The van der Waals surface area contributed by atoms with E-state index in [1.807, 2.05) is 41.8 Å². The highest BCUT2D eigenvalue weighted by Gasteiger charge is 2.38. The number of nitrogens with zero attached hydrogens (tertiary/aromatic N) is 6. The van der Waals surface area contributed by atoms with Crippen LogP contribution in [-0.4, -0.2) is 75.1 Å². The fraction of sp³-hybridized carbons (Fsp3) is 0.448. The van der Waals surface area contributed by atoms with Crippen molar-refractivity contribution in [3.63, 3.8) is 0 Å². The third-order valence-corrected chi connectivity index (χ3v) is 8.03. The Hall–Kier alpha value is -3.86. The number of pyridine rings is 1. The van der Waals surface area contributed by atoms with Gasteiger partial charge in [0.2, 0.25) is 0 Å². The molecule has 0 aliphatic carbocycles. The first-order valence-electron chi connectivity index (χ1n) is 13.9. The Balaban J connectivity index is 1.49. The van der Waals surface area contributed by atoms with Gasteiger partial charge in [-0.15, -0.1) is 0 Å². The van der Waals surface area contributed by atoms with E-state index in [1.54, 1.807) is 6.20 Å². The van der Waals surface area contributed by atoms with Crippen LogP contribution in [0.4, 0.5) is 14.6 Å². The van der Waals surface area contributed by atoms with Crippen LogP contribution in [0.1, 0.15) is 42.2 Å². The van der Waals surface area contributed by atoms with Gasteiger partial charge in [0.05, 0.1) is 18.6 Å². The summed E-state index contributed by atoms with van der Waals surface area (Å²) >= 11 is 0. The number of rotatable bonds is 5. The average Bonchev–Trinajstić information content (AvgIpc) is 3.08. The van der Waals surface area contributed by atoms with Gasteiger partial charge >= 0.3 is 0 Å². The molecule has 0 spiro atoms. The average molecular weight is 550 g/mol. The van der Waals surface area contributed by atoms with Crippen molar-refractivity contribution in [3.8, 4) is 0 Å². The number of likely N-dealkylation sites (tertiary alicyclic amines) is 1. The molecule has 0 unspecified atom stereocenters. The monoisotopic (exact) mass is 549 g/mol. The Morgan fingerprint density at radius 3 is 2.65 bits per heavy atom. The van der Waals surface area contributed by atoms with Crippen molar-refractivity contribution < 1.29 is 13.6 Å². The van der Waals surface area contributed by atoms with Crippen LogP contribution in [0.3, 0.4) is 0 Å². The molecule has 2 fully saturated rings. The Kier molecular flexibility index (Phi) is 6.99. The predicted octanol–water partition coefficient (Wildman–Crippen LogP) is 3.49. The summed E-state index contributed by atoms with van der Waals surface area (Å²) in [5.74, 6) is -2.47. The number of fused-ring (bicyclic) bond motifs is 2. The molecule has 0 atom stereocenters. The van der Waals surface area contributed by atoms with Crippen molar-refractivity contribution in [2.75, 3.05) is 44.2 Å². The molecular formula is C29H33F2N7O2. The van der Waals surface area contributed by atoms with E-state index in [0.717, 1.165) is 36.0 Å². The van der Waals surface area contributed by atoms with E-state index in [-0.39, 0.29) is 43.9 Å². The number of nitrogens with one attached hydrogen (secondary N) is 1. The van der Waals surface area contributed by atoms with E-state index < -0.39 is 5.92 Å². The zero-order chi connectivity index (χ0) is 27.9. The number of carbonyl (C=O) groups is 1. The third-order valence-electron chi connectivity index (χ3n) is 8.03. The fourth-order valence-corrected chi connectivity index (χ4v) is 5.92. The van der Waals surface area contributed by atoms with Gasteiger partial charge in [-0.1, -0.05) is 24.3 Å². The third kappa shape index (κ3) is 4.72. The summed E-state index contributed by atoms with van der Waals surface area (Å²) in [5, 5.41) is 5.37. The van der Waals surface area contributed by atoms with Gasteiger partial charge in [0.25, 0.3) is 17.4 Å². The van der Waals surface area contributed by atoms with Gasteiger partial charge < -0.3 is 19.7 Å². The van der Waals surface area contributed by atoms with Crippen molar-refractivity contribution in [3.05, 3.63) is 64.5 Å². The highest BCUT2D eigenvalue weighted by molar-refractivity contribution is 6.10. The van der Waals surface area contributed by atoms with Crippen molar-refractivity contribution in [2.24, 2.45) is 0 Å². The van der Waals surface area contributed by atoms with E-state index in [4.69, 9.17) is 0 Å². The summed E-state index contributed by atoms with van der Waals surface area (Å²) < 4.78 is 31.3. The molecule has 1 N–H and O–H groups in total. The fourth-order valence-electron chi connectivity index (χ4n) is 5.92. The lowest BCUT2D eigenvalue weighted by molar-refractivity contribution is -0.0493. The van der Waals surface area contributed by atoms with Crippen molar-refractivity contribution in [1.29, 1.82) is 0 Å². The number of piperidine rings is 1. The van der Waals surface area contributed by atoms with Gasteiger partial charge in [-0.05, 0) is 31.3 Å². The predicted molar refractivity (Wildman–Crippen MR) is 150 cm³/mol. The maximum absolute atomic E-state index is 14.1. The number of benzene rings is 1. The largest absolute Gasteiger partial charge is 0.356 e. The first-order chi connectivity index (χ1) is 19.4. The molecule has 2 aliphatic rings. The number of halogens is 2. The van der Waals surface area contributed by atoms with Gasteiger partial charge in [0.15, 0.2) is 0 Å². The van der Waals surface area contributed by atoms with Crippen LogP contribution in [-0.2, 0) is 13.1 Å². The number of hydrogen-bond donors (Lipinski definition) is 1. The van der Waals surface area contributed by atoms with E-state index in [1.165, 1.54) is 15.8 Å². The lowest BCUT2D eigenvalue weighted by Gasteiger charge is -2.32. The second kappa shape index (κ2) is 10.6. The van der Waals surface area contributed by atoms with Crippen LogP contribution >= 0.6 is 0 Å². The lowest BCUT2D eigenvalue weighted by atomic mass is 10.1. The number of aryl methyl sites for hydroxylation is 1. The number of amides is 1. The van der Waals surface area contributed by atoms with E-state index >= 15 is 0 Å². The van der Waals surface area contributed by atoms with Crippen LogP contribution in [0.5, 0.6) is 0 Å². The van der Waals surface area contributed by atoms with Crippen molar-refractivity contribution >= 4 is 33.5 Å². The number of aromatic nitrogens is 4. The topological polar surface area (TPSA) is 88.3 Å². The van der Waals surface area contributed by atoms with E-state index in [9.17, 15) is 18.4 Å². The van der Waals surface area contributed by atoms with E-state index in [2.05, 4.69) is 20.2 Å². The summed E-state index contributed by atoms with van der Waals surface area (Å²) in [4.78, 5) is 40.9. The number of alkyl halides is 2. The summed E-state index contributed by atoms with van der Waals surface area (Å²) in [5.41, 5.74) is 1.49. The van der Waals surface area contributed by atoms with Gasteiger partial charge in [-0.3, -0.25) is 19.1 Å². The molecule has 0 bridgehead atoms. The highest BCUT2D eigenvalue weighted by atomic mass is 19.3. The molecule has 2 aliphatic heterocycles. The highest BCUT2D eigenvalue weighted by Crippen LogP contribution is 2.34. The Morgan fingerprint density at radius 2 is 1.85 bits per heavy atom. The normalized spacial score (nSPS) is 17.9. The molecule has 0 radical (unpaired) electrons. The maximum atomic E-state index is 14.1. The number of anilines is 1. The quantitative estimate of drug-likeness (QED) is 0.410. The molecule has 1 amide bonds. The first kappa shape index (κ1) is 26.4. The van der Waals surface area contributed by atoms with Gasteiger partial charge in [-0.25, -0.2) is 13.8 Å². The summed E-state index contributed by atoms with van der Waals surface area (Å²) in [7, 11) is 0. The number of carbonyl (C=O) groups excluding carboxylic acids is 1. The van der Waals surface area contributed by atoms with Crippen LogP contribution in [0.2, 0.25) is 0 Å². The first-order valence-corrected chi connectivity index (χ1v) is 13.9. The van der Waals surface area contributed by atoms with Crippen LogP contribution in [0.15, 0.2) is 47.7 Å². The molecule has 210 valence electrons. The van der Waals surface area contributed by atoms with Gasteiger partial charge in [-0.2, -0.15) is 0 Å². The van der Waals surface area contributed by atoms with Crippen molar-refractivity contribution in [2.45, 2.75) is 45.2 Å². The molecule has 3 aromatic heterocycles. The zero-order valence-electron chi connectivity index (χ0n) is 22.6. The summed E-state index contributed by atoms with van der Waals surface area (Å²) in [6.45, 7) is 5.51. The van der Waals surface area contributed by atoms with Gasteiger partial charge in [0.1, 0.15) is 22.4 Å². The summed E-state index contributed by atoms with van der Waals surface area (Å²) in [6.07, 6.45) is 3.34. The van der Waals surface area contributed by atoms with Crippen LogP contribution in [0.25, 0.3) is 21.8 Å². The smallest absolute Gasteiger partial charge is 0.278 e. The molecule has 1 aromatic carbocycles. The van der Waals surface area contributed by atoms with Crippen LogP contribution in [0, 0.1) is 0 Å². The molecule has 0 saturated carbocycles. The molecule has 4 aromatic rings. The van der Waals surface area contributed by atoms with Crippen molar-refractivity contribution in [1.82, 2.24) is 29.3 Å². The molecule has 40 heavy (non-hydrogen) atoms. The lowest BCUT2D eigenvalue weighted by Crippen LogP contribution is -2.43. The molecule has 5 heterocycles.